The molecule has 5 nitrogen and oxygen atoms in total. The van der Waals surface area contributed by atoms with E-state index in [1.54, 1.807) is 6.20 Å². The normalized spacial score (nSPS) is 18.8. The summed E-state index contributed by atoms with van der Waals surface area (Å²) in [5.41, 5.74) is 2.04. The van der Waals surface area contributed by atoms with E-state index in [4.69, 9.17) is 4.74 Å². The SMILES string of the molecule is CCOc1cccc(C(Cc2ccccn2)N2CCCC2C(=O)O)c1. The van der Waals surface area contributed by atoms with Gasteiger partial charge in [0.25, 0.3) is 0 Å². The molecular formula is C20H24N2O3. The maximum absolute atomic E-state index is 11.7. The molecule has 2 atom stereocenters. The maximum atomic E-state index is 11.7. The van der Waals surface area contributed by atoms with E-state index in [2.05, 4.69) is 9.88 Å². The lowest BCUT2D eigenvalue weighted by Gasteiger charge is -2.31. The summed E-state index contributed by atoms with van der Waals surface area (Å²) in [6, 6.07) is 13.4. The molecule has 1 fully saturated rings. The Kier molecular flexibility index (Phi) is 5.66. The monoisotopic (exact) mass is 340 g/mol. The van der Waals surface area contributed by atoms with E-state index in [0.29, 0.717) is 19.4 Å². The molecule has 2 aromatic rings. The van der Waals surface area contributed by atoms with Crippen LogP contribution in [0.5, 0.6) is 5.75 Å². The van der Waals surface area contributed by atoms with E-state index in [9.17, 15) is 9.90 Å². The predicted octanol–water partition coefficient (Wildman–Crippen LogP) is 3.31. The summed E-state index contributed by atoms with van der Waals surface area (Å²) < 4.78 is 5.63. The van der Waals surface area contributed by atoms with Crippen molar-refractivity contribution in [3.05, 3.63) is 59.9 Å². The second-order valence-corrected chi connectivity index (χ2v) is 6.28. The molecule has 1 aliphatic rings. The first-order valence-corrected chi connectivity index (χ1v) is 8.80. The molecule has 1 aromatic carbocycles. The Balaban J connectivity index is 1.93. The van der Waals surface area contributed by atoms with Gasteiger partial charge >= 0.3 is 5.97 Å². The van der Waals surface area contributed by atoms with Crippen LogP contribution in [0.3, 0.4) is 0 Å². The van der Waals surface area contributed by atoms with Crippen LogP contribution in [0.1, 0.15) is 37.1 Å². The van der Waals surface area contributed by atoms with Gasteiger partial charge in [-0.2, -0.15) is 0 Å². The third kappa shape index (κ3) is 4.17. The molecule has 2 unspecified atom stereocenters. The molecule has 1 saturated heterocycles. The third-order valence-electron chi connectivity index (χ3n) is 4.66. The van der Waals surface area contributed by atoms with Gasteiger partial charge in [-0.15, -0.1) is 0 Å². The molecule has 0 bridgehead atoms. The molecule has 0 radical (unpaired) electrons. The van der Waals surface area contributed by atoms with Gasteiger partial charge in [-0.3, -0.25) is 14.7 Å². The molecule has 3 rings (SSSR count). The molecule has 1 aromatic heterocycles. The molecule has 0 aliphatic carbocycles. The van der Waals surface area contributed by atoms with Crippen molar-refractivity contribution in [2.24, 2.45) is 0 Å². The van der Waals surface area contributed by atoms with Gasteiger partial charge < -0.3 is 9.84 Å². The Hall–Kier alpha value is -2.40. The Morgan fingerprint density at radius 2 is 2.24 bits per heavy atom. The molecule has 0 amide bonds. The van der Waals surface area contributed by atoms with E-state index in [-0.39, 0.29) is 6.04 Å². The number of carbonyl (C=O) groups is 1. The first kappa shape index (κ1) is 17.4. The molecular weight excluding hydrogens is 316 g/mol. The second-order valence-electron chi connectivity index (χ2n) is 6.28. The predicted molar refractivity (Wildman–Crippen MR) is 95.7 cm³/mol. The number of ether oxygens (including phenoxy) is 1. The van der Waals surface area contributed by atoms with E-state index < -0.39 is 12.0 Å². The van der Waals surface area contributed by atoms with Crippen molar-refractivity contribution in [2.75, 3.05) is 13.2 Å². The summed E-state index contributed by atoms with van der Waals surface area (Å²) in [7, 11) is 0. The molecule has 1 N–H and O–H groups in total. The minimum atomic E-state index is -0.746. The Morgan fingerprint density at radius 3 is 2.96 bits per heavy atom. The quantitative estimate of drug-likeness (QED) is 0.838. The summed E-state index contributed by atoms with van der Waals surface area (Å²) in [5.74, 6) is 0.0709. The van der Waals surface area contributed by atoms with Crippen molar-refractivity contribution in [1.29, 1.82) is 0 Å². The number of rotatable bonds is 7. The molecule has 5 heteroatoms. The molecule has 132 valence electrons. The number of aromatic nitrogens is 1. The summed E-state index contributed by atoms with van der Waals surface area (Å²) in [6.07, 6.45) is 4.06. The highest BCUT2D eigenvalue weighted by molar-refractivity contribution is 5.74. The molecule has 0 spiro atoms. The van der Waals surface area contributed by atoms with Gasteiger partial charge in [0.1, 0.15) is 11.8 Å². The highest BCUT2D eigenvalue weighted by atomic mass is 16.5. The minimum Gasteiger partial charge on any atom is -0.494 e. The average Bonchev–Trinajstić information content (AvgIpc) is 3.11. The lowest BCUT2D eigenvalue weighted by Crippen LogP contribution is -2.39. The first-order valence-electron chi connectivity index (χ1n) is 8.80. The van der Waals surface area contributed by atoms with Crippen LogP contribution in [0.4, 0.5) is 0 Å². The van der Waals surface area contributed by atoms with Crippen molar-refractivity contribution >= 4 is 5.97 Å². The maximum Gasteiger partial charge on any atom is 0.320 e. The number of benzene rings is 1. The van der Waals surface area contributed by atoms with Crippen LogP contribution in [0, 0.1) is 0 Å². The number of likely N-dealkylation sites (tertiary alicyclic amines) is 1. The largest absolute Gasteiger partial charge is 0.494 e. The van der Waals surface area contributed by atoms with Gasteiger partial charge in [-0.25, -0.2) is 0 Å². The van der Waals surface area contributed by atoms with Crippen LogP contribution >= 0.6 is 0 Å². The van der Waals surface area contributed by atoms with Crippen molar-refractivity contribution in [3.63, 3.8) is 0 Å². The highest BCUT2D eigenvalue weighted by Crippen LogP contribution is 2.33. The van der Waals surface area contributed by atoms with Crippen molar-refractivity contribution in [1.82, 2.24) is 9.88 Å². The van der Waals surface area contributed by atoms with Crippen LogP contribution in [0.25, 0.3) is 0 Å². The molecule has 1 aliphatic heterocycles. The van der Waals surface area contributed by atoms with Gasteiger partial charge in [0.15, 0.2) is 0 Å². The Bertz CT molecular complexity index is 705. The summed E-state index contributed by atoms with van der Waals surface area (Å²) in [4.78, 5) is 18.2. The van der Waals surface area contributed by atoms with Crippen LogP contribution in [-0.4, -0.2) is 40.2 Å². The lowest BCUT2D eigenvalue weighted by atomic mass is 9.98. The lowest BCUT2D eigenvalue weighted by molar-refractivity contribution is -0.143. The molecule has 0 saturated carbocycles. The van der Waals surface area contributed by atoms with Gasteiger partial charge in [-0.05, 0) is 56.1 Å². The smallest absolute Gasteiger partial charge is 0.320 e. The molecule has 25 heavy (non-hydrogen) atoms. The van der Waals surface area contributed by atoms with E-state index in [0.717, 1.165) is 30.0 Å². The number of hydrogen-bond donors (Lipinski definition) is 1. The fraction of sp³-hybridized carbons (Fsp3) is 0.400. The summed E-state index contributed by atoms with van der Waals surface area (Å²) >= 11 is 0. The number of carboxylic acids is 1. The van der Waals surface area contributed by atoms with Crippen LogP contribution in [0.2, 0.25) is 0 Å². The zero-order chi connectivity index (χ0) is 17.6. The number of aliphatic carboxylic acids is 1. The molecule has 2 heterocycles. The van der Waals surface area contributed by atoms with Gasteiger partial charge in [0, 0.05) is 24.4 Å². The average molecular weight is 340 g/mol. The van der Waals surface area contributed by atoms with Crippen LogP contribution < -0.4 is 4.74 Å². The Morgan fingerprint density at radius 1 is 1.36 bits per heavy atom. The number of carboxylic acid groups (broad SMARTS) is 1. The van der Waals surface area contributed by atoms with Crippen molar-refractivity contribution in [3.8, 4) is 5.75 Å². The highest BCUT2D eigenvalue weighted by Gasteiger charge is 2.36. The van der Waals surface area contributed by atoms with Crippen LogP contribution in [-0.2, 0) is 11.2 Å². The fourth-order valence-electron chi connectivity index (χ4n) is 3.55. The van der Waals surface area contributed by atoms with Crippen LogP contribution in [0.15, 0.2) is 48.7 Å². The summed E-state index contributed by atoms with van der Waals surface area (Å²) in [5, 5.41) is 9.60. The standard InChI is InChI=1S/C20H24N2O3/c1-2-25-17-9-5-7-15(13-17)19(14-16-8-3-4-11-21-16)22-12-6-10-18(22)20(23)24/h3-5,7-9,11,13,18-19H,2,6,10,12,14H2,1H3,(H,23,24). The van der Waals surface area contributed by atoms with Gasteiger partial charge in [0.2, 0.25) is 0 Å². The van der Waals surface area contributed by atoms with Gasteiger partial charge in [0.05, 0.1) is 6.61 Å². The van der Waals surface area contributed by atoms with E-state index in [1.165, 1.54) is 0 Å². The fourth-order valence-corrected chi connectivity index (χ4v) is 3.55. The van der Waals surface area contributed by atoms with E-state index >= 15 is 0 Å². The minimum absolute atomic E-state index is 0.0288. The number of pyridine rings is 1. The number of hydrogen-bond acceptors (Lipinski definition) is 4. The van der Waals surface area contributed by atoms with Crippen molar-refractivity contribution in [2.45, 2.75) is 38.3 Å². The Labute approximate surface area is 148 Å². The second kappa shape index (κ2) is 8.12. The third-order valence-corrected chi connectivity index (χ3v) is 4.66. The first-order chi connectivity index (χ1) is 12.2. The zero-order valence-corrected chi connectivity index (χ0v) is 14.5. The van der Waals surface area contributed by atoms with Crippen molar-refractivity contribution < 1.29 is 14.6 Å². The summed E-state index contributed by atoms with van der Waals surface area (Å²) in [6.45, 7) is 3.35. The van der Waals surface area contributed by atoms with Gasteiger partial charge in [-0.1, -0.05) is 18.2 Å². The van der Waals surface area contributed by atoms with E-state index in [1.807, 2.05) is 49.4 Å². The topological polar surface area (TPSA) is 62.7 Å². The zero-order valence-electron chi connectivity index (χ0n) is 14.5. The number of nitrogens with zero attached hydrogens (tertiary/aromatic N) is 2.